The number of hydrogen-bond donors (Lipinski definition) is 1. The van der Waals surface area contributed by atoms with E-state index in [-0.39, 0.29) is 23.1 Å². The Kier molecular flexibility index (Phi) is 4.44. The molecule has 2 fully saturated rings. The highest BCUT2D eigenvalue weighted by atomic mass is 32.2. The molecule has 114 valence electrons. The van der Waals surface area contributed by atoms with E-state index in [0.29, 0.717) is 5.13 Å². The van der Waals surface area contributed by atoms with Gasteiger partial charge in [-0.2, -0.15) is 0 Å². The summed E-state index contributed by atoms with van der Waals surface area (Å²) in [5.74, 6) is 0.0947. The van der Waals surface area contributed by atoms with Crippen molar-refractivity contribution in [1.82, 2.24) is 15.5 Å². The highest BCUT2D eigenvalue weighted by Crippen LogP contribution is 2.37. The van der Waals surface area contributed by atoms with E-state index in [9.17, 15) is 9.59 Å². The first kappa shape index (κ1) is 14.8. The predicted octanol–water partition coefficient (Wildman–Crippen LogP) is 1.81. The monoisotopic (exact) mass is 326 g/mol. The molecule has 1 atom stereocenters. The number of nitrogens with zero attached hydrogens (tertiary/aromatic N) is 3. The van der Waals surface area contributed by atoms with Crippen molar-refractivity contribution in [3.8, 4) is 0 Å². The first-order valence-electron chi connectivity index (χ1n) is 7.23. The number of carbonyl (C=O) groups is 2. The number of nitrogens with one attached hydrogen (secondary N) is 1. The zero-order valence-electron chi connectivity index (χ0n) is 11.9. The van der Waals surface area contributed by atoms with Gasteiger partial charge in [-0.25, -0.2) is 0 Å². The molecular formula is C13H18N4O2S2. The summed E-state index contributed by atoms with van der Waals surface area (Å²) in [6.07, 6.45) is 5.01. The van der Waals surface area contributed by atoms with Gasteiger partial charge in [0.15, 0.2) is 4.34 Å². The summed E-state index contributed by atoms with van der Waals surface area (Å²) in [5, 5.41) is 11.8. The average Bonchev–Trinajstić information content (AvgIpc) is 3.18. The first-order chi connectivity index (χ1) is 10.1. The maximum absolute atomic E-state index is 11.9. The molecule has 0 radical (unpaired) electrons. The predicted molar refractivity (Wildman–Crippen MR) is 82.6 cm³/mol. The molecule has 0 spiro atoms. The van der Waals surface area contributed by atoms with Crippen molar-refractivity contribution in [3.05, 3.63) is 0 Å². The van der Waals surface area contributed by atoms with E-state index >= 15 is 0 Å². The minimum atomic E-state index is -0.0972. The van der Waals surface area contributed by atoms with Crippen LogP contribution in [0.1, 0.15) is 39.0 Å². The molecule has 1 aliphatic heterocycles. The Morgan fingerprint density at radius 1 is 1.33 bits per heavy atom. The second kappa shape index (κ2) is 6.31. The third kappa shape index (κ3) is 3.55. The van der Waals surface area contributed by atoms with Crippen LogP contribution in [-0.4, -0.2) is 39.8 Å². The van der Waals surface area contributed by atoms with Crippen LogP contribution in [-0.2, 0) is 9.59 Å². The highest BCUT2D eigenvalue weighted by Gasteiger charge is 2.34. The Morgan fingerprint density at radius 3 is 2.86 bits per heavy atom. The lowest BCUT2D eigenvalue weighted by Crippen LogP contribution is -2.30. The van der Waals surface area contributed by atoms with Crippen LogP contribution < -0.4 is 10.2 Å². The Labute approximate surface area is 131 Å². The van der Waals surface area contributed by atoms with Crippen molar-refractivity contribution in [3.63, 3.8) is 0 Å². The molecular weight excluding hydrogens is 308 g/mol. The Hall–Kier alpha value is -1.15. The third-order valence-corrected chi connectivity index (χ3v) is 5.85. The molecule has 1 aliphatic carbocycles. The van der Waals surface area contributed by atoms with Crippen LogP contribution in [0.5, 0.6) is 0 Å². The van der Waals surface area contributed by atoms with Crippen molar-refractivity contribution in [1.29, 1.82) is 0 Å². The SMILES string of the molecule is CC(=O)N(c1nnc(S[C@H]2CCCCNC2=O)s1)C1CC1. The number of carbonyl (C=O) groups excluding carboxylic acids is 2. The molecule has 1 N–H and O–H groups in total. The molecule has 6 nitrogen and oxygen atoms in total. The summed E-state index contributed by atoms with van der Waals surface area (Å²) in [7, 11) is 0. The molecule has 0 bridgehead atoms. The summed E-state index contributed by atoms with van der Waals surface area (Å²) in [5.41, 5.74) is 0. The number of hydrogen-bond acceptors (Lipinski definition) is 6. The minimum absolute atomic E-state index is 0.0115. The van der Waals surface area contributed by atoms with Gasteiger partial charge in [0.2, 0.25) is 16.9 Å². The molecule has 1 aromatic heterocycles. The number of thioether (sulfide) groups is 1. The van der Waals surface area contributed by atoms with Crippen molar-refractivity contribution >= 4 is 40.0 Å². The van der Waals surface area contributed by atoms with Crippen LogP contribution in [0, 0.1) is 0 Å². The summed E-state index contributed by atoms with van der Waals surface area (Å²) >= 11 is 2.87. The maximum Gasteiger partial charge on any atom is 0.233 e. The molecule has 1 saturated carbocycles. The second-order valence-corrected chi connectivity index (χ2v) is 7.77. The van der Waals surface area contributed by atoms with Crippen molar-refractivity contribution < 1.29 is 9.59 Å². The molecule has 3 rings (SSSR count). The molecule has 0 unspecified atom stereocenters. The summed E-state index contributed by atoms with van der Waals surface area (Å²) < 4.78 is 0.763. The number of amides is 2. The normalized spacial score (nSPS) is 22.5. The number of anilines is 1. The zero-order chi connectivity index (χ0) is 14.8. The minimum Gasteiger partial charge on any atom is -0.355 e. The lowest BCUT2D eigenvalue weighted by Gasteiger charge is -2.15. The van der Waals surface area contributed by atoms with E-state index in [1.165, 1.54) is 23.1 Å². The van der Waals surface area contributed by atoms with Crippen molar-refractivity contribution in [2.75, 3.05) is 11.4 Å². The first-order valence-corrected chi connectivity index (χ1v) is 8.92. The molecule has 8 heteroatoms. The maximum atomic E-state index is 11.9. The molecule has 0 aromatic carbocycles. The van der Waals surface area contributed by atoms with E-state index in [0.717, 1.165) is 43.0 Å². The van der Waals surface area contributed by atoms with Gasteiger partial charge in [0, 0.05) is 19.5 Å². The van der Waals surface area contributed by atoms with Crippen molar-refractivity contribution in [2.45, 2.75) is 54.7 Å². The van der Waals surface area contributed by atoms with Gasteiger partial charge in [-0.15, -0.1) is 10.2 Å². The molecule has 2 heterocycles. The quantitative estimate of drug-likeness (QED) is 0.854. The Bertz CT molecular complexity index is 544. The average molecular weight is 326 g/mol. The van der Waals surface area contributed by atoms with Crippen LogP contribution in [0.15, 0.2) is 4.34 Å². The Balaban J connectivity index is 1.69. The molecule has 1 aromatic rings. The van der Waals surface area contributed by atoms with Gasteiger partial charge < -0.3 is 5.32 Å². The smallest absolute Gasteiger partial charge is 0.233 e. The fourth-order valence-electron chi connectivity index (χ4n) is 2.37. The Morgan fingerprint density at radius 2 is 2.14 bits per heavy atom. The molecule has 2 aliphatic rings. The second-order valence-electron chi connectivity index (χ2n) is 5.36. The van der Waals surface area contributed by atoms with Crippen LogP contribution in [0.4, 0.5) is 5.13 Å². The lowest BCUT2D eigenvalue weighted by molar-refractivity contribution is -0.120. The summed E-state index contributed by atoms with van der Waals surface area (Å²) in [6, 6.07) is 0.287. The number of rotatable bonds is 4. The van der Waals surface area contributed by atoms with E-state index in [1.807, 2.05) is 0 Å². The zero-order valence-corrected chi connectivity index (χ0v) is 13.5. The van der Waals surface area contributed by atoms with E-state index in [2.05, 4.69) is 15.5 Å². The van der Waals surface area contributed by atoms with E-state index in [4.69, 9.17) is 0 Å². The summed E-state index contributed by atoms with van der Waals surface area (Å²) in [6.45, 7) is 2.32. The van der Waals surface area contributed by atoms with E-state index < -0.39 is 0 Å². The van der Waals surface area contributed by atoms with Gasteiger partial charge in [-0.3, -0.25) is 14.5 Å². The van der Waals surface area contributed by atoms with E-state index in [1.54, 1.807) is 11.8 Å². The van der Waals surface area contributed by atoms with Gasteiger partial charge in [0.05, 0.1) is 5.25 Å². The fraction of sp³-hybridized carbons (Fsp3) is 0.692. The molecule has 2 amide bonds. The molecule has 21 heavy (non-hydrogen) atoms. The standard InChI is InChI=1S/C13H18N4O2S2/c1-8(18)17(9-5-6-9)12-15-16-13(21-12)20-10-4-2-3-7-14-11(10)19/h9-10H,2-7H2,1H3,(H,14,19)/t10-/m0/s1. The van der Waals surface area contributed by atoms with Crippen molar-refractivity contribution in [2.24, 2.45) is 0 Å². The lowest BCUT2D eigenvalue weighted by atomic mass is 10.2. The van der Waals surface area contributed by atoms with Gasteiger partial charge in [-0.1, -0.05) is 29.5 Å². The van der Waals surface area contributed by atoms with Crippen LogP contribution in [0.25, 0.3) is 0 Å². The largest absolute Gasteiger partial charge is 0.355 e. The van der Waals surface area contributed by atoms with Gasteiger partial charge in [0.25, 0.3) is 0 Å². The summed E-state index contributed by atoms with van der Waals surface area (Å²) in [4.78, 5) is 25.4. The highest BCUT2D eigenvalue weighted by molar-refractivity contribution is 8.02. The van der Waals surface area contributed by atoms with Crippen LogP contribution in [0.2, 0.25) is 0 Å². The van der Waals surface area contributed by atoms with Crippen LogP contribution >= 0.6 is 23.1 Å². The third-order valence-electron chi connectivity index (χ3n) is 3.58. The van der Waals surface area contributed by atoms with Crippen LogP contribution in [0.3, 0.4) is 0 Å². The van der Waals surface area contributed by atoms with Gasteiger partial charge in [0.1, 0.15) is 0 Å². The van der Waals surface area contributed by atoms with Gasteiger partial charge >= 0.3 is 0 Å². The topological polar surface area (TPSA) is 75.2 Å². The van der Waals surface area contributed by atoms with Gasteiger partial charge in [-0.05, 0) is 25.7 Å². The number of aromatic nitrogens is 2. The molecule has 1 saturated heterocycles. The fourth-order valence-corrected chi connectivity index (χ4v) is 4.64.